The zero-order valence-electron chi connectivity index (χ0n) is 23.7. The van der Waals surface area contributed by atoms with Gasteiger partial charge < -0.3 is 35.6 Å². The minimum Gasteiger partial charge on any atom is -0.477 e. The van der Waals surface area contributed by atoms with Crippen LogP contribution in [0, 0.1) is 5.92 Å². The Labute approximate surface area is 235 Å². The SMILES string of the molecule is CC(=O)N[C@H](CCCCN)C(=O)NCCN(C)C(=O)Oc1ccc2c3c1O[C@H]1C(=O)CC[C@H]4[C@@H](C2)N(C)CC[C@]314. The molecule has 1 saturated carbocycles. The predicted molar refractivity (Wildman–Crippen MR) is 147 cm³/mol. The summed E-state index contributed by atoms with van der Waals surface area (Å²) in [5, 5.41) is 5.46. The van der Waals surface area contributed by atoms with E-state index in [2.05, 4.69) is 22.6 Å². The lowest BCUT2D eigenvalue weighted by atomic mass is 9.52. The van der Waals surface area contributed by atoms with Crippen molar-refractivity contribution in [3.05, 3.63) is 23.3 Å². The van der Waals surface area contributed by atoms with Crippen LogP contribution in [0.2, 0.25) is 0 Å². The second kappa shape index (κ2) is 11.4. The summed E-state index contributed by atoms with van der Waals surface area (Å²) in [6.07, 6.45) is 4.00. The number of unbranched alkanes of at least 4 members (excludes halogenated alkanes) is 1. The Morgan fingerprint density at radius 3 is 2.85 bits per heavy atom. The van der Waals surface area contributed by atoms with Crippen LogP contribution in [0.4, 0.5) is 4.79 Å². The summed E-state index contributed by atoms with van der Waals surface area (Å²) in [5.74, 6) is 0.764. The fourth-order valence-electron chi connectivity index (χ4n) is 7.33. The largest absolute Gasteiger partial charge is 0.477 e. The molecular formula is C29H41N5O6. The zero-order valence-corrected chi connectivity index (χ0v) is 23.7. The van der Waals surface area contributed by atoms with Gasteiger partial charge in [0.05, 0.1) is 0 Å². The number of rotatable bonds is 10. The molecule has 40 heavy (non-hydrogen) atoms. The van der Waals surface area contributed by atoms with Crippen molar-refractivity contribution < 1.29 is 28.7 Å². The Kier molecular flexibility index (Phi) is 8.05. The van der Waals surface area contributed by atoms with Gasteiger partial charge in [-0.15, -0.1) is 0 Å². The summed E-state index contributed by atoms with van der Waals surface area (Å²) in [6.45, 7) is 3.21. The van der Waals surface area contributed by atoms with Crippen molar-refractivity contribution in [1.82, 2.24) is 20.4 Å². The fraction of sp³-hybridized carbons (Fsp3) is 0.655. The van der Waals surface area contributed by atoms with E-state index < -0.39 is 18.2 Å². The number of ether oxygens (including phenoxy) is 2. The Bertz CT molecular complexity index is 1190. The molecule has 2 heterocycles. The van der Waals surface area contributed by atoms with Gasteiger partial charge in [0, 0.05) is 50.5 Å². The maximum Gasteiger partial charge on any atom is 0.415 e. The molecule has 2 aliphatic carbocycles. The minimum absolute atomic E-state index is 0.134. The van der Waals surface area contributed by atoms with Crippen LogP contribution in [-0.4, -0.2) is 92.0 Å². The van der Waals surface area contributed by atoms with E-state index in [1.54, 1.807) is 13.1 Å². The highest BCUT2D eigenvalue weighted by Gasteiger charge is 2.65. The lowest BCUT2D eigenvalue weighted by Gasteiger charge is -2.57. The van der Waals surface area contributed by atoms with E-state index in [0.29, 0.717) is 42.8 Å². The zero-order chi connectivity index (χ0) is 28.6. The van der Waals surface area contributed by atoms with Crippen molar-refractivity contribution in [2.75, 3.05) is 40.3 Å². The number of amides is 3. The second-order valence-electron chi connectivity index (χ2n) is 11.7. The summed E-state index contributed by atoms with van der Waals surface area (Å²) in [4.78, 5) is 54.1. The smallest absolute Gasteiger partial charge is 0.415 e. The van der Waals surface area contributed by atoms with Gasteiger partial charge in [0.1, 0.15) is 6.04 Å². The maximum atomic E-state index is 13.1. The number of Topliss-reactive ketones (excluding diaryl/α,β-unsaturated/α-hetero) is 1. The lowest BCUT2D eigenvalue weighted by molar-refractivity contribution is -0.138. The van der Waals surface area contributed by atoms with Crippen LogP contribution in [0.15, 0.2) is 12.1 Å². The first-order valence-corrected chi connectivity index (χ1v) is 14.4. The van der Waals surface area contributed by atoms with Gasteiger partial charge >= 0.3 is 6.09 Å². The van der Waals surface area contributed by atoms with E-state index in [1.165, 1.54) is 17.4 Å². The first-order chi connectivity index (χ1) is 19.2. The predicted octanol–water partition coefficient (Wildman–Crippen LogP) is 1.11. The molecule has 0 unspecified atom stereocenters. The molecule has 11 nitrogen and oxygen atoms in total. The molecule has 3 amide bonds. The number of likely N-dealkylation sites (tertiary alicyclic amines) is 1. The number of hydrogen-bond acceptors (Lipinski definition) is 8. The molecule has 0 radical (unpaired) electrons. The fourth-order valence-corrected chi connectivity index (χ4v) is 7.33. The molecule has 2 fully saturated rings. The number of nitrogens with zero attached hydrogens (tertiary/aromatic N) is 2. The van der Waals surface area contributed by atoms with Gasteiger partial charge in [0.2, 0.25) is 11.8 Å². The Hall–Kier alpha value is -3.18. The molecule has 1 spiro atoms. The van der Waals surface area contributed by atoms with Crippen LogP contribution in [0.3, 0.4) is 0 Å². The van der Waals surface area contributed by atoms with Crippen LogP contribution in [0.25, 0.3) is 0 Å². The van der Waals surface area contributed by atoms with E-state index in [1.807, 2.05) is 6.07 Å². The van der Waals surface area contributed by atoms with Crippen molar-refractivity contribution in [3.63, 3.8) is 0 Å². The average molecular weight is 556 g/mol. The van der Waals surface area contributed by atoms with Crippen molar-refractivity contribution in [1.29, 1.82) is 0 Å². The molecular weight excluding hydrogens is 514 g/mol. The highest BCUT2D eigenvalue weighted by molar-refractivity contribution is 5.89. The van der Waals surface area contributed by atoms with Crippen molar-refractivity contribution in [2.24, 2.45) is 11.7 Å². The number of likely N-dealkylation sites (N-methyl/N-ethyl adjacent to an activating group) is 2. The van der Waals surface area contributed by atoms with Gasteiger partial charge in [-0.2, -0.15) is 0 Å². The Morgan fingerprint density at radius 1 is 1.30 bits per heavy atom. The molecule has 2 bridgehead atoms. The van der Waals surface area contributed by atoms with E-state index in [4.69, 9.17) is 15.2 Å². The van der Waals surface area contributed by atoms with Gasteiger partial charge in [-0.1, -0.05) is 6.07 Å². The van der Waals surface area contributed by atoms with Crippen molar-refractivity contribution in [3.8, 4) is 11.5 Å². The lowest BCUT2D eigenvalue weighted by Crippen LogP contribution is -2.65. The van der Waals surface area contributed by atoms with E-state index in [0.717, 1.165) is 44.2 Å². The normalized spacial score (nSPS) is 26.8. The van der Waals surface area contributed by atoms with Crippen LogP contribution in [0.5, 0.6) is 11.5 Å². The maximum absolute atomic E-state index is 13.1. The van der Waals surface area contributed by atoms with Crippen LogP contribution in [-0.2, 0) is 26.2 Å². The summed E-state index contributed by atoms with van der Waals surface area (Å²) in [5.41, 5.74) is 7.44. The molecule has 4 N–H and O–H groups in total. The van der Waals surface area contributed by atoms with E-state index in [9.17, 15) is 19.2 Å². The first-order valence-electron chi connectivity index (χ1n) is 14.4. The standard InChI is InChI=1S/C29H41N5O6/c1-17(35)32-20(6-4-5-12-30)27(37)31-13-15-34(3)28(38)39-23-10-7-18-16-21-19-8-9-22(36)26-29(19,11-14-33(21)2)24(18)25(23)40-26/h7,10,19-21,26H,4-6,8-9,11-16,30H2,1-3H3,(H,31,37)(H,32,35)/t19-,20+,21+,26-,29-/m0/s1. The van der Waals surface area contributed by atoms with Crippen LogP contribution in [0.1, 0.15) is 56.6 Å². The molecule has 1 aromatic rings. The molecule has 218 valence electrons. The number of carbonyl (C=O) groups excluding carboxylic acids is 4. The third-order valence-electron chi connectivity index (χ3n) is 9.27. The number of nitrogens with one attached hydrogen (secondary N) is 2. The number of benzene rings is 1. The van der Waals surface area contributed by atoms with Crippen LogP contribution >= 0.6 is 0 Å². The number of nitrogens with two attached hydrogens (primary N) is 1. The molecule has 5 atom stereocenters. The van der Waals surface area contributed by atoms with Gasteiger partial charge in [0.15, 0.2) is 23.4 Å². The highest BCUT2D eigenvalue weighted by atomic mass is 16.6. The van der Waals surface area contributed by atoms with Gasteiger partial charge in [-0.25, -0.2) is 4.79 Å². The quantitative estimate of drug-likeness (QED) is 0.364. The van der Waals surface area contributed by atoms with Crippen LogP contribution < -0.4 is 25.8 Å². The first kappa shape index (κ1) is 28.4. The van der Waals surface area contributed by atoms with Crippen molar-refractivity contribution in [2.45, 2.75) is 75.5 Å². The molecule has 2 aliphatic heterocycles. The Morgan fingerprint density at radius 2 is 2.10 bits per heavy atom. The molecule has 1 aromatic carbocycles. The third kappa shape index (κ3) is 4.94. The number of hydrogen-bond donors (Lipinski definition) is 3. The van der Waals surface area contributed by atoms with Gasteiger partial charge in [-0.05, 0) is 76.2 Å². The average Bonchev–Trinajstić information content (AvgIpc) is 3.28. The third-order valence-corrected chi connectivity index (χ3v) is 9.27. The monoisotopic (exact) mass is 555 g/mol. The minimum atomic E-state index is -0.647. The molecule has 1 saturated heterocycles. The summed E-state index contributed by atoms with van der Waals surface area (Å²) in [6, 6.07) is 3.53. The van der Waals surface area contributed by atoms with Crippen molar-refractivity contribution >= 4 is 23.7 Å². The van der Waals surface area contributed by atoms with Gasteiger partial charge in [0.25, 0.3) is 0 Å². The summed E-state index contributed by atoms with van der Waals surface area (Å²) >= 11 is 0. The molecule has 4 aliphatic rings. The number of carbonyl (C=O) groups is 4. The Balaban J connectivity index is 1.24. The number of piperidine rings is 1. The van der Waals surface area contributed by atoms with Gasteiger partial charge in [-0.3, -0.25) is 14.4 Å². The summed E-state index contributed by atoms with van der Waals surface area (Å²) in [7, 11) is 3.76. The number of ketones is 1. The molecule has 5 rings (SSSR count). The molecule has 11 heteroatoms. The van der Waals surface area contributed by atoms with E-state index >= 15 is 0 Å². The topological polar surface area (TPSA) is 143 Å². The molecule has 0 aromatic heterocycles. The highest BCUT2D eigenvalue weighted by Crippen LogP contribution is 2.63. The summed E-state index contributed by atoms with van der Waals surface area (Å²) < 4.78 is 12.2. The van der Waals surface area contributed by atoms with E-state index in [-0.39, 0.29) is 36.1 Å². The second-order valence-corrected chi connectivity index (χ2v) is 11.7.